The van der Waals surface area contributed by atoms with Crippen molar-refractivity contribution in [2.75, 3.05) is 28.8 Å². The van der Waals surface area contributed by atoms with E-state index in [4.69, 9.17) is 9.47 Å². The van der Waals surface area contributed by atoms with Crippen LogP contribution in [0, 0.1) is 47.3 Å². The van der Waals surface area contributed by atoms with Gasteiger partial charge in [-0.05, 0) is 74.5 Å². The van der Waals surface area contributed by atoms with Gasteiger partial charge >= 0.3 is 6.18 Å². The van der Waals surface area contributed by atoms with Crippen molar-refractivity contribution in [1.29, 1.82) is 0 Å². The van der Waals surface area contributed by atoms with Crippen LogP contribution in [0.4, 0.5) is 13.2 Å². The number of sulfone groups is 3. The molecule has 6 bridgehead atoms. The van der Waals surface area contributed by atoms with Crippen molar-refractivity contribution >= 4 is 49.7 Å². The van der Waals surface area contributed by atoms with Gasteiger partial charge in [0.25, 0.3) is 20.2 Å². The number of hydrogen-bond donors (Lipinski definition) is 0. The smallest absolute Gasteiger partial charge is 0.373 e. The monoisotopic (exact) mass is 902 g/mol. The second kappa shape index (κ2) is 14.2. The molecule has 2 saturated carbocycles. The maximum atomic E-state index is 13.0. The van der Waals surface area contributed by atoms with Gasteiger partial charge in [-0.25, -0.2) is 25.3 Å². The lowest BCUT2D eigenvalue weighted by atomic mass is 9.80. The van der Waals surface area contributed by atoms with E-state index in [1.165, 1.54) is 6.42 Å². The second-order valence-electron chi connectivity index (χ2n) is 18.1. The zero-order valence-corrected chi connectivity index (χ0v) is 36.0. The maximum Gasteiger partial charge on any atom is 0.413 e. The fourth-order valence-electron chi connectivity index (χ4n) is 11.3. The molecule has 9 saturated heterocycles. The lowest BCUT2D eigenvalue weighted by Crippen LogP contribution is -2.56. The number of fused-ring (bicyclic) bond motifs is 3. The highest BCUT2D eigenvalue weighted by molar-refractivity contribution is 7.92. The van der Waals surface area contributed by atoms with Crippen LogP contribution in [0.2, 0.25) is 0 Å². The molecule has 11 aliphatic rings. The van der Waals surface area contributed by atoms with Crippen LogP contribution in [0.5, 0.6) is 0 Å². The van der Waals surface area contributed by atoms with Gasteiger partial charge in [0, 0.05) is 18.3 Å². The van der Waals surface area contributed by atoms with Gasteiger partial charge in [0.05, 0.1) is 63.7 Å². The van der Waals surface area contributed by atoms with E-state index in [9.17, 15) is 55.3 Å². The number of rotatable bonds is 0. The van der Waals surface area contributed by atoms with E-state index in [1.807, 2.05) is 6.92 Å². The Morgan fingerprint density at radius 2 is 1.25 bits per heavy atom. The first-order chi connectivity index (χ1) is 25.6. The first-order valence-electron chi connectivity index (χ1n) is 19.4. The molecule has 17 atom stereocenters. The van der Waals surface area contributed by atoms with E-state index in [0.29, 0.717) is 64.9 Å². The summed E-state index contributed by atoms with van der Waals surface area (Å²) >= 11 is 0. The summed E-state index contributed by atoms with van der Waals surface area (Å²) in [6.07, 6.45) is -3.80. The minimum Gasteiger partial charge on any atom is -0.373 e. The fraction of sp³-hybridized carbons (Fsp3) is 1.00. The van der Waals surface area contributed by atoms with Gasteiger partial charge in [0.1, 0.15) is 12.2 Å². The molecule has 56 heavy (non-hydrogen) atoms. The molecule has 17 unspecified atom stereocenters. The molecule has 0 aromatic carbocycles. The zero-order chi connectivity index (χ0) is 41.3. The zero-order valence-electron chi connectivity index (χ0n) is 31.9. The maximum absolute atomic E-state index is 13.0. The minimum atomic E-state index is -4.85. The molecule has 0 radical (unpaired) electrons. The van der Waals surface area contributed by atoms with Crippen molar-refractivity contribution in [3.05, 3.63) is 0 Å². The predicted molar refractivity (Wildman–Crippen MR) is 196 cm³/mol. The highest BCUT2D eigenvalue weighted by Crippen LogP contribution is 2.62. The largest absolute Gasteiger partial charge is 0.413 e. The van der Waals surface area contributed by atoms with E-state index >= 15 is 0 Å². The molecular weight excluding hydrogens is 850 g/mol. The average Bonchev–Trinajstić information content (AvgIpc) is 3.92. The molecule has 14 nitrogen and oxygen atoms in total. The van der Waals surface area contributed by atoms with Gasteiger partial charge in [-0.3, -0.25) is 8.37 Å². The average molecular weight is 903 g/mol. The normalized spacial score (nSPS) is 50.9. The van der Waals surface area contributed by atoms with Crippen LogP contribution in [0.1, 0.15) is 73.1 Å². The van der Waals surface area contributed by atoms with Crippen LogP contribution < -0.4 is 0 Å². The van der Waals surface area contributed by atoms with Crippen LogP contribution in [0.15, 0.2) is 0 Å². The molecule has 0 aromatic heterocycles. The SMILES string of the molecule is CC1C2CC3(C(F)(F)F)C(O2)C1OS3(=O)=O.CC1C2CC3C(O2)C1CS3(=O)=O.CC1C2CC3C1CS(=O)(=O)C3C2.CC1CCS(=O)(=O)C1.CC1CCS(=O)(=O)O1. The van der Waals surface area contributed by atoms with Crippen molar-refractivity contribution < 1.29 is 73.1 Å². The molecule has 0 amide bonds. The Bertz CT molecular complexity index is 2000. The minimum absolute atomic E-state index is 0.0509. The van der Waals surface area contributed by atoms with E-state index < -0.39 is 85.4 Å². The molecular formula is C34H53F3O14S5. The molecule has 324 valence electrons. The van der Waals surface area contributed by atoms with Gasteiger partial charge in [-0.1, -0.05) is 27.7 Å². The van der Waals surface area contributed by atoms with Crippen LogP contribution >= 0.6 is 0 Å². The number of halogens is 3. The van der Waals surface area contributed by atoms with E-state index in [1.54, 1.807) is 13.8 Å². The Kier molecular flexibility index (Phi) is 11.0. The topological polar surface area (TPSA) is 208 Å². The van der Waals surface area contributed by atoms with Gasteiger partial charge in [-0.15, -0.1) is 0 Å². The molecule has 2 aliphatic carbocycles. The van der Waals surface area contributed by atoms with Gasteiger partial charge in [0.15, 0.2) is 29.5 Å². The quantitative estimate of drug-likeness (QED) is 0.321. The lowest BCUT2D eigenvalue weighted by molar-refractivity contribution is -0.171. The molecule has 9 aliphatic heterocycles. The number of alkyl halides is 3. The summed E-state index contributed by atoms with van der Waals surface area (Å²) in [7, 11) is -15.8. The van der Waals surface area contributed by atoms with Crippen molar-refractivity contribution in [3.63, 3.8) is 0 Å². The third-order valence-electron chi connectivity index (χ3n) is 14.6. The Balaban J connectivity index is 0.000000110. The molecule has 22 heteroatoms. The highest BCUT2D eigenvalue weighted by atomic mass is 32.2. The Morgan fingerprint density at radius 3 is 1.68 bits per heavy atom. The second-order valence-corrected chi connectivity index (χ2v) is 28.4. The van der Waals surface area contributed by atoms with Gasteiger partial charge in [-0.2, -0.15) is 30.0 Å². The van der Waals surface area contributed by atoms with Gasteiger partial charge < -0.3 is 9.47 Å². The molecule has 0 spiro atoms. The van der Waals surface area contributed by atoms with Crippen LogP contribution in [0.3, 0.4) is 0 Å². The summed E-state index contributed by atoms with van der Waals surface area (Å²) in [4.78, 5) is 0. The molecule has 11 rings (SSSR count). The first-order valence-corrected chi connectivity index (χ1v) is 27.7. The third kappa shape index (κ3) is 7.33. The lowest BCUT2D eigenvalue weighted by Gasteiger charge is -2.29. The first kappa shape index (κ1) is 43.5. The van der Waals surface area contributed by atoms with Crippen LogP contribution in [0.25, 0.3) is 0 Å². The summed E-state index contributed by atoms with van der Waals surface area (Å²) in [6.45, 7) is 9.74. The molecule has 0 N–H and O–H groups in total. The third-order valence-corrected chi connectivity index (χ3v) is 24.4. The molecule has 11 fully saturated rings. The van der Waals surface area contributed by atoms with Crippen LogP contribution in [-0.4, -0.2) is 129 Å². The van der Waals surface area contributed by atoms with E-state index in [-0.39, 0.29) is 40.5 Å². The van der Waals surface area contributed by atoms with Crippen molar-refractivity contribution in [1.82, 2.24) is 0 Å². The predicted octanol–water partition coefficient (Wildman–Crippen LogP) is 2.67. The summed E-state index contributed by atoms with van der Waals surface area (Å²) in [5, 5.41) is -0.0765. The summed E-state index contributed by atoms with van der Waals surface area (Å²) in [5.74, 6) is 5.24. The van der Waals surface area contributed by atoms with E-state index in [2.05, 4.69) is 22.2 Å². The molecule has 0 aromatic rings. The number of ether oxygens (including phenoxy) is 2. The van der Waals surface area contributed by atoms with Crippen molar-refractivity contribution in [3.8, 4) is 0 Å². The fourth-order valence-corrected chi connectivity index (χ4v) is 21.6. The van der Waals surface area contributed by atoms with Crippen molar-refractivity contribution in [2.24, 2.45) is 47.3 Å². The van der Waals surface area contributed by atoms with Crippen molar-refractivity contribution in [2.45, 2.75) is 131 Å². The summed E-state index contributed by atoms with van der Waals surface area (Å²) < 4.78 is 168. The van der Waals surface area contributed by atoms with Crippen LogP contribution in [-0.2, 0) is 67.6 Å². The Morgan fingerprint density at radius 1 is 0.607 bits per heavy atom. The summed E-state index contributed by atoms with van der Waals surface area (Å²) in [5.41, 5.74) is 0. The summed E-state index contributed by atoms with van der Waals surface area (Å²) in [6, 6.07) is 0. The highest BCUT2D eigenvalue weighted by Gasteiger charge is 2.83. The Labute approximate surface area is 328 Å². The molecule has 9 heterocycles. The van der Waals surface area contributed by atoms with Gasteiger partial charge in [0.2, 0.25) is 4.75 Å². The Hall–Kier alpha value is -0.620. The van der Waals surface area contributed by atoms with E-state index in [0.717, 1.165) is 25.2 Å². The standard InChI is InChI=1S/C9H14O2S.C8H9F3O4S.C8H12O3S.C5H10O2S.C4H8O3S/c1-5-6-2-7-8(5)4-12(10,11)9(7)3-6;1-3-4-2-7(8(9,10)11)6(14-4)5(3)15-16(7,12)13;1-4-5-3-12(9,10)7-2-6(4)11-8(5)7;1-5-2-3-8(6,7)4-5;1-4-2-3-8(5,6)7-4/h5-9H,2-4H2,1H3;3-6H,2H2,1H3;4-8H,2-3H2,1H3;5H,2-4H2,1H3;4H,2-3H2,1H3. The number of hydrogen-bond acceptors (Lipinski definition) is 14.